The molecule has 0 saturated heterocycles. The highest BCUT2D eigenvalue weighted by atomic mass is 15.3. The van der Waals surface area contributed by atoms with Crippen LogP contribution in [0.25, 0.3) is 5.69 Å². The lowest BCUT2D eigenvalue weighted by atomic mass is 9.96. The normalized spacial score (nSPS) is 12.9. The molecule has 2 rings (SSSR count). The molecular formula is C19H28N2. The number of rotatable bonds is 5. The first-order valence-corrected chi connectivity index (χ1v) is 8.12. The molecular weight excluding hydrogens is 256 g/mol. The van der Waals surface area contributed by atoms with E-state index in [-0.39, 0.29) is 0 Å². The van der Waals surface area contributed by atoms with Gasteiger partial charge in [-0.15, -0.1) is 0 Å². The van der Waals surface area contributed by atoms with Crippen LogP contribution in [0.1, 0.15) is 74.9 Å². The molecule has 1 heterocycles. The second-order valence-electron chi connectivity index (χ2n) is 6.43. The zero-order chi connectivity index (χ0) is 15.6. The zero-order valence-electron chi connectivity index (χ0n) is 14.3. The Labute approximate surface area is 129 Å². The Morgan fingerprint density at radius 1 is 1.05 bits per heavy atom. The van der Waals surface area contributed by atoms with E-state index < -0.39 is 0 Å². The summed E-state index contributed by atoms with van der Waals surface area (Å²) in [7, 11) is 0. The van der Waals surface area contributed by atoms with Crippen LogP contribution in [-0.2, 0) is 0 Å². The van der Waals surface area contributed by atoms with Crippen LogP contribution in [0.3, 0.4) is 0 Å². The molecule has 0 aliphatic carbocycles. The molecule has 0 bridgehead atoms. The summed E-state index contributed by atoms with van der Waals surface area (Å²) in [5, 5.41) is 4.73. The fourth-order valence-corrected chi connectivity index (χ4v) is 3.29. The third-order valence-electron chi connectivity index (χ3n) is 4.35. The molecule has 114 valence electrons. The Bertz CT molecular complexity index is 591. The Morgan fingerprint density at radius 3 is 2.14 bits per heavy atom. The van der Waals surface area contributed by atoms with E-state index in [0.717, 1.165) is 11.4 Å². The molecule has 1 aromatic heterocycles. The van der Waals surface area contributed by atoms with Crippen molar-refractivity contribution in [3.8, 4) is 5.69 Å². The molecule has 0 aliphatic heterocycles. The summed E-state index contributed by atoms with van der Waals surface area (Å²) < 4.78 is 2.08. The summed E-state index contributed by atoms with van der Waals surface area (Å²) in [6, 6.07) is 8.90. The highest BCUT2D eigenvalue weighted by Crippen LogP contribution is 2.26. The molecule has 1 unspecified atom stereocenters. The van der Waals surface area contributed by atoms with Crippen LogP contribution < -0.4 is 0 Å². The van der Waals surface area contributed by atoms with E-state index in [1.165, 1.54) is 29.7 Å². The molecule has 2 nitrogen and oxygen atoms in total. The van der Waals surface area contributed by atoms with E-state index in [4.69, 9.17) is 5.10 Å². The Kier molecular flexibility index (Phi) is 4.87. The van der Waals surface area contributed by atoms with Crippen molar-refractivity contribution in [3.05, 3.63) is 46.8 Å². The van der Waals surface area contributed by atoms with Gasteiger partial charge < -0.3 is 0 Å². The Morgan fingerprint density at radius 2 is 1.67 bits per heavy atom. The molecule has 0 spiro atoms. The van der Waals surface area contributed by atoms with Crippen LogP contribution in [0.15, 0.2) is 24.3 Å². The first-order valence-electron chi connectivity index (χ1n) is 8.12. The highest BCUT2D eigenvalue weighted by Gasteiger charge is 2.15. The van der Waals surface area contributed by atoms with Gasteiger partial charge in [0.25, 0.3) is 0 Å². The Balaban J connectivity index is 2.33. The van der Waals surface area contributed by atoms with Gasteiger partial charge in [-0.25, -0.2) is 4.68 Å². The van der Waals surface area contributed by atoms with Gasteiger partial charge in [0.2, 0.25) is 0 Å². The van der Waals surface area contributed by atoms with Crippen LogP contribution in [0.2, 0.25) is 0 Å². The minimum Gasteiger partial charge on any atom is -0.238 e. The topological polar surface area (TPSA) is 17.8 Å². The monoisotopic (exact) mass is 284 g/mol. The van der Waals surface area contributed by atoms with Gasteiger partial charge in [-0.2, -0.15) is 5.10 Å². The van der Waals surface area contributed by atoms with Gasteiger partial charge in [0.15, 0.2) is 0 Å². The van der Waals surface area contributed by atoms with E-state index in [1.54, 1.807) is 0 Å². The molecule has 1 aromatic carbocycles. The second kappa shape index (κ2) is 6.46. The molecule has 0 fully saturated rings. The lowest BCUT2D eigenvalue weighted by molar-refractivity contribution is 0.664. The molecule has 0 aliphatic rings. The molecule has 0 saturated carbocycles. The van der Waals surface area contributed by atoms with Crippen LogP contribution >= 0.6 is 0 Å². The van der Waals surface area contributed by atoms with Crippen molar-refractivity contribution >= 4 is 0 Å². The number of hydrogen-bond acceptors (Lipinski definition) is 1. The van der Waals surface area contributed by atoms with Crippen molar-refractivity contribution in [2.24, 2.45) is 0 Å². The largest absolute Gasteiger partial charge is 0.238 e. The quantitative estimate of drug-likeness (QED) is 0.707. The molecule has 1 atom stereocenters. The van der Waals surface area contributed by atoms with Gasteiger partial charge in [-0.3, -0.25) is 0 Å². The molecule has 2 heteroatoms. The predicted octanol–water partition coefficient (Wildman–Crippen LogP) is 5.52. The van der Waals surface area contributed by atoms with Crippen molar-refractivity contribution in [2.75, 3.05) is 0 Å². The summed E-state index contributed by atoms with van der Waals surface area (Å²) in [5.74, 6) is 1.15. The minimum absolute atomic E-state index is 0.516. The first kappa shape index (κ1) is 15.8. The molecule has 21 heavy (non-hydrogen) atoms. The number of hydrogen-bond donors (Lipinski definition) is 0. The minimum atomic E-state index is 0.516. The van der Waals surface area contributed by atoms with E-state index in [0.29, 0.717) is 11.8 Å². The molecule has 0 amide bonds. The van der Waals surface area contributed by atoms with E-state index in [2.05, 4.69) is 70.5 Å². The van der Waals surface area contributed by atoms with Crippen LogP contribution in [-0.4, -0.2) is 9.78 Å². The smallest absolute Gasteiger partial charge is 0.0649 e. The fourth-order valence-electron chi connectivity index (χ4n) is 3.29. The highest BCUT2D eigenvalue weighted by molar-refractivity contribution is 5.40. The summed E-state index contributed by atoms with van der Waals surface area (Å²) in [6.07, 6.45) is 2.48. The van der Waals surface area contributed by atoms with Crippen molar-refractivity contribution < 1.29 is 0 Å². The lowest BCUT2D eigenvalue weighted by Gasteiger charge is -2.12. The average Bonchev–Trinajstić information content (AvgIpc) is 2.74. The SMILES string of the molecule is CCCC(C)c1ccc(-n2nc(C)c(C(C)C)c2C)cc1. The van der Waals surface area contributed by atoms with Crippen LogP contribution in [0, 0.1) is 13.8 Å². The molecule has 2 aromatic rings. The number of benzene rings is 1. The molecule has 0 radical (unpaired) electrons. The van der Waals surface area contributed by atoms with Gasteiger partial charge >= 0.3 is 0 Å². The third kappa shape index (κ3) is 3.20. The number of aryl methyl sites for hydroxylation is 1. The van der Waals surface area contributed by atoms with Crippen molar-refractivity contribution in [3.63, 3.8) is 0 Å². The van der Waals surface area contributed by atoms with Crippen molar-refractivity contribution in [1.82, 2.24) is 9.78 Å². The van der Waals surface area contributed by atoms with Crippen LogP contribution in [0.4, 0.5) is 0 Å². The number of nitrogens with zero attached hydrogens (tertiary/aromatic N) is 2. The van der Waals surface area contributed by atoms with E-state index in [1.807, 2.05) is 0 Å². The summed E-state index contributed by atoms with van der Waals surface area (Å²) in [5.41, 5.74) is 6.36. The summed E-state index contributed by atoms with van der Waals surface area (Å²) in [6.45, 7) is 13.3. The summed E-state index contributed by atoms with van der Waals surface area (Å²) in [4.78, 5) is 0. The van der Waals surface area contributed by atoms with Gasteiger partial charge in [-0.05, 0) is 55.4 Å². The first-order chi connectivity index (χ1) is 9.95. The van der Waals surface area contributed by atoms with Gasteiger partial charge in [0.1, 0.15) is 0 Å². The summed E-state index contributed by atoms with van der Waals surface area (Å²) >= 11 is 0. The maximum absolute atomic E-state index is 4.73. The third-order valence-corrected chi connectivity index (χ3v) is 4.35. The Hall–Kier alpha value is -1.57. The lowest BCUT2D eigenvalue weighted by Crippen LogP contribution is -2.01. The maximum Gasteiger partial charge on any atom is 0.0649 e. The predicted molar refractivity (Wildman–Crippen MR) is 90.5 cm³/mol. The average molecular weight is 284 g/mol. The van der Waals surface area contributed by atoms with Gasteiger partial charge in [0, 0.05) is 5.69 Å². The standard InChI is InChI=1S/C19H28N2/c1-7-8-14(4)17-9-11-18(12-10-17)21-16(6)19(13(2)3)15(5)20-21/h9-14H,7-8H2,1-6H3. The van der Waals surface area contributed by atoms with Crippen molar-refractivity contribution in [1.29, 1.82) is 0 Å². The zero-order valence-corrected chi connectivity index (χ0v) is 14.3. The molecule has 0 N–H and O–H groups in total. The van der Waals surface area contributed by atoms with Gasteiger partial charge in [-0.1, -0.05) is 46.2 Å². The van der Waals surface area contributed by atoms with Crippen LogP contribution in [0.5, 0.6) is 0 Å². The van der Waals surface area contributed by atoms with E-state index >= 15 is 0 Å². The second-order valence-corrected chi connectivity index (χ2v) is 6.43. The van der Waals surface area contributed by atoms with E-state index in [9.17, 15) is 0 Å². The van der Waals surface area contributed by atoms with Crippen molar-refractivity contribution in [2.45, 2.75) is 66.2 Å². The number of aromatic nitrogens is 2. The van der Waals surface area contributed by atoms with Gasteiger partial charge in [0.05, 0.1) is 11.4 Å². The maximum atomic E-state index is 4.73. The fraction of sp³-hybridized carbons (Fsp3) is 0.526.